The zero-order chi connectivity index (χ0) is 6.97. The minimum Gasteiger partial charge on any atom is -0.491 e. The normalized spacial score (nSPS) is 14.5. The van der Waals surface area contributed by atoms with E-state index in [1.165, 1.54) is 5.56 Å². The number of ether oxygens (including phenoxy) is 1. The van der Waals surface area contributed by atoms with Crippen LogP contribution in [0.2, 0.25) is 0 Å². The maximum Gasteiger partial charge on any atom is 0.143 e. The molecule has 52 valence electrons. The van der Waals surface area contributed by atoms with Crippen LogP contribution >= 0.6 is 0 Å². The molecule has 0 bridgehead atoms. The molecule has 0 aromatic carbocycles. The monoisotopic (exact) mass is 135 g/mol. The molecule has 2 heteroatoms. The van der Waals surface area contributed by atoms with Gasteiger partial charge in [0.15, 0.2) is 0 Å². The molecule has 1 aliphatic rings. The molecule has 2 heterocycles. The fraction of sp³-hybridized carbons (Fsp3) is 0.375. The molecule has 0 unspecified atom stereocenters. The minimum absolute atomic E-state index is 0.821. The van der Waals surface area contributed by atoms with E-state index in [0.29, 0.717) is 0 Å². The van der Waals surface area contributed by atoms with Crippen LogP contribution in [-0.4, -0.2) is 11.6 Å². The summed E-state index contributed by atoms with van der Waals surface area (Å²) in [6.07, 6.45) is 2.88. The van der Waals surface area contributed by atoms with Crippen LogP contribution in [0.15, 0.2) is 12.3 Å². The van der Waals surface area contributed by atoms with Crippen LogP contribution in [0, 0.1) is 6.92 Å². The van der Waals surface area contributed by atoms with Gasteiger partial charge in [-0.1, -0.05) is 0 Å². The Bertz CT molecular complexity index is 257. The molecule has 0 aliphatic carbocycles. The van der Waals surface area contributed by atoms with Crippen molar-refractivity contribution in [3.63, 3.8) is 0 Å². The Balaban J connectivity index is 2.59. The predicted octanol–water partition coefficient (Wildman–Crippen LogP) is 1.32. The van der Waals surface area contributed by atoms with Gasteiger partial charge in [0.1, 0.15) is 5.75 Å². The van der Waals surface area contributed by atoms with Gasteiger partial charge in [-0.3, -0.25) is 4.98 Å². The number of aromatic nitrogens is 1. The van der Waals surface area contributed by atoms with Gasteiger partial charge in [0.05, 0.1) is 12.3 Å². The van der Waals surface area contributed by atoms with Crippen molar-refractivity contribution in [2.75, 3.05) is 6.61 Å². The summed E-state index contributed by atoms with van der Waals surface area (Å²) in [5.41, 5.74) is 2.31. The predicted molar refractivity (Wildman–Crippen MR) is 38.2 cm³/mol. The van der Waals surface area contributed by atoms with Gasteiger partial charge < -0.3 is 4.74 Å². The zero-order valence-electron chi connectivity index (χ0n) is 5.92. The van der Waals surface area contributed by atoms with Crippen LogP contribution in [0.5, 0.6) is 5.75 Å². The second-order valence-electron chi connectivity index (χ2n) is 2.48. The summed E-state index contributed by atoms with van der Waals surface area (Å²) in [4.78, 5) is 4.13. The summed E-state index contributed by atoms with van der Waals surface area (Å²) in [5, 5.41) is 0. The summed E-state index contributed by atoms with van der Waals surface area (Å²) in [6.45, 7) is 2.80. The van der Waals surface area contributed by atoms with Gasteiger partial charge in [0.2, 0.25) is 0 Å². The van der Waals surface area contributed by atoms with E-state index in [1.54, 1.807) is 0 Å². The van der Waals surface area contributed by atoms with Gasteiger partial charge >= 0.3 is 0 Å². The van der Waals surface area contributed by atoms with Crippen molar-refractivity contribution in [1.82, 2.24) is 4.98 Å². The zero-order valence-corrected chi connectivity index (χ0v) is 5.92. The Hall–Kier alpha value is -1.05. The summed E-state index contributed by atoms with van der Waals surface area (Å²) in [6, 6.07) is 2.02. The molecule has 0 fully saturated rings. The molecule has 1 aliphatic heterocycles. The molecule has 0 saturated heterocycles. The largest absolute Gasteiger partial charge is 0.491 e. The first-order chi connectivity index (χ1) is 4.88. The van der Waals surface area contributed by atoms with Crippen molar-refractivity contribution in [2.24, 2.45) is 0 Å². The minimum atomic E-state index is 0.821. The number of hydrogen-bond donors (Lipinski definition) is 0. The lowest BCUT2D eigenvalue weighted by atomic mass is 10.2. The number of pyridine rings is 1. The van der Waals surface area contributed by atoms with E-state index >= 15 is 0 Å². The molecule has 0 radical (unpaired) electrons. The molecule has 1 aromatic heterocycles. The van der Waals surface area contributed by atoms with Crippen LogP contribution in [0.25, 0.3) is 0 Å². The first-order valence-corrected chi connectivity index (χ1v) is 3.45. The molecule has 2 rings (SSSR count). The summed E-state index contributed by atoms with van der Waals surface area (Å²) in [7, 11) is 0. The quantitative estimate of drug-likeness (QED) is 0.535. The lowest BCUT2D eigenvalue weighted by Gasteiger charge is -1.99. The summed E-state index contributed by atoms with van der Waals surface area (Å²) in [5.74, 6) is 1.00. The number of rotatable bonds is 0. The first kappa shape index (κ1) is 5.71. The molecule has 2 nitrogen and oxygen atoms in total. The van der Waals surface area contributed by atoms with Crippen LogP contribution in [0.1, 0.15) is 11.3 Å². The maximum absolute atomic E-state index is 5.37. The third-order valence-corrected chi connectivity index (χ3v) is 1.78. The second-order valence-corrected chi connectivity index (χ2v) is 2.48. The highest BCUT2D eigenvalue weighted by atomic mass is 16.5. The van der Waals surface area contributed by atoms with Gasteiger partial charge in [0.25, 0.3) is 0 Å². The molecule has 1 aromatic rings. The molecule has 0 amide bonds. The van der Waals surface area contributed by atoms with Crippen LogP contribution < -0.4 is 4.74 Å². The van der Waals surface area contributed by atoms with E-state index in [9.17, 15) is 0 Å². The summed E-state index contributed by atoms with van der Waals surface area (Å²) < 4.78 is 5.37. The average Bonchev–Trinajstić information content (AvgIpc) is 2.36. The van der Waals surface area contributed by atoms with Gasteiger partial charge in [-0.25, -0.2) is 0 Å². The average molecular weight is 135 g/mol. The van der Waals surface area contributed by atoms with Gasteiger partial charge in [0, 0.05) is 18.2 Å². The summed E-state index contributed by atoms with van der Waals surface area (Å²) >= 11 is 0. The molecule has 0 saturated carbocycles. The Morgan fingerprint density at radius 3 is 3.30 bits per heavy atom. The second kappa shape index (κ2) is 1.97. The standard InChI is InChI=1S/C8H9NO/c1-6-8-7(2-4-9-6)3-5-10-8/h2,4H,3,5H2,1H3. The first-order valence-electron chi connectivity index (χ1n) is 3.45. The maximum atomic E-state index is 5.37. The Morgan fingerprint density at radius 1 is 1.60 bits per heavy atom. The molecule has 0 atom stereocenters. The number of aryl methyl sites for hydroxylation is 1. The third-order valence-electron chi connectivity index (χ3n) is 1.78. The SMILES string of the molecule is Cc1nccc2c1OCC2. The highest BCUT2D eigenvalue weighted by Gasteiger charge is 2.13. The molecular weight excluding hydrogens is 126 g/mol. The molecular formula is C8H9NO. The Morgan fingerprint density at radius 2 is 2.50 bits per heavy atom. The van der Waals surface area contributed by atoms with Gasteiger partial charge in [-0.05, 0) is 13.0 Å². The van der Waals surface area contributed by atoms with Gasteiger partial charge in [-0.15, -0.1) is 0 Å². The van der Waals surface area contributed by atoms with Crippen LogP contribution in [-0.2, 0) is 6.42 Å². The van der Waals surface area contributed by atoms with Crippen LogP contribution in [0.4, 0.5) is 0 Å². The molecule has 10 heavy (non-hydrogen) atoms. The third kappa shape index (κ3) is 0.685. The van der Waals surface area contributed by atoms with Crippen molar-refractivity contribution in [3.8, 4) is 5.75 Å². The molecule has 0 spiro atoms. The number of fused-ring (bicyclic) bond motifs is 1. The smallest absolute Gasteiger partial charge is 0.143 e. The van der Waals surface area contributed by atoms with E-state index in [1.807, 2.05) is 19.2 Å². The fourth-order valence-corrected chi connectivity index (χ4v) is 1.26. The Labute approximate surface area is 59.9 Å². The van der Waals surface area contributed by atoms with E-state index in [-0.39, 0.29) is 0 Å². The number of nitrogens with zero attached hydrogens (tertiary/aromatic N) is 1. The van der Waals surface area contributed by atoms with Crippen molar-refractivity contribution < 1.29 is 4.74 Å². The van der Waals surface area contributed by atoms with Crippen molar-refractivity contribution >= 4 is 0 Å². The Kier molecular flexibility index (Phi) is 1.13. The van der Waals surface area contributed by atoms with Crippen molar-refractivity contribution in [3.05, 3.63) is 23.5 Å². The van der Waals surface area contributed by atoms with E-state index in [0.717, 1.165) is 24.5 Å². The number of hydrogen-bond acceptors (Lipinski definition) is 2. The lowest BCUT2D eigenvalue weighted by Crippen LogP contribution is -1.88. The van der Waals surface area contributed by atoms with Crippen molar-refractivity contribution in [1.29, 1.82) is 0 Å². The van der Waals surface area contributed by atoms with E-state index in [2.05, 4.69) is 4.98 Å². The van der Waals surface area contributed by atoms with Crippen molar-refractivity contribution in [2.45, 2.75) is 13.3 Å². The van der Waals surface area contributed by atoms with Gasteiger partial charge in [-0.2, -0.15) is 0 Å². The topological polar surface area (TPSA) is 22.1 Å². The van der Waals surface area contributed by atoms with Crippen LogP contribution in [0.3, 0.4) is 0 Å². The highest BCUT2D eigenvalue weighted by Crippen LogP contribution is 2.26. The fourth-order valence-electron chi connectivity index (χ4n) is 1.26. The van der Waals surface area contributed by atoms with E-state index in [4.69, 9.17) is 4.74 Å². The van der Waals surface area contributed by atoms with E-state index < -0.39 is 0 Å². The lowest BCUT2D eigenvalue weighted by molar-refractivity contribution is 0.353. The highest BCUT2D eigenvalue weighted by molar-refractivity contribution is 5.38. The molecule has 0 N–H and O–H groups in total.